The number of hydrogen-bond donors (Lipinski definition) is 2. The Hall–Kier alpha value is -2.12. The largest absolute Gasteiger partial charge is 0.444 e. The van der Waals surface area contributed by atoms with E-state index in [0.717, 1.165) is 0 Å². The molecule has 8 nitrogen and oxygen atoms in total. The van der Waals surface area contributed by atoms with Gasteiger partial charge in [-0.05, 0) is 25.7 Å². The van der Waals surface area contributed by atoms with Gasteiger partial charge in [-0.3, -0.25) is 4.79 Å². The van der Waals surface area contributed by atoms with Crippen molar-refractivity contribution in [2.75, 3.05) is 6.54 Å². The van der Waals surface area contributed by atoms with Crippen molar-refractivity contribution in [1.29, 1.82) is 0 Å². The maximum atomic E-state index is 11.3. The van der Waals surface area contributed by atoms with Gasteiger partial charge in [-0.1, -0.05) is 9.79 Å². The van der Waals surface area contributed by atoms with Crippen LogP contribution in [0.3, 0.4) is 0 Å². The Kier molecular flexibility index (Phi) is 4.24. The first-order valence-electron chi connectivity index (χ1n) is 5.39. The zero-order valence-corrected chi connectivity index (χ0v) is 10.5. The first-order chi connectivity index (χ1) is 8.33. The summed E-state index contributed by atoms with van der Waals surface area (Å²) in [6, 6.07) is 0. The van der Waals surface area contributed by atoms with Crippen molar-refractivity contribution >= 4 is 12.4 Å². The highest BCUT2D eigenvalue weighted by molar-refractivity contribution is 5.72. The monoisotopic (exact) mass is 258 g/mol. The molecule has 0 unspecified atom stereocenters. The van der Waals surface area contributed by atoms with E-state index in [1.165, 1.54) is 0 Å². The predicted molar refractivity (Wildman–Crippen MR) is 59.8 cm³/mol. The molecular formula is C10H16N3O5+. The number of aromatic amines is 1. The molecule has 1 aromatic heterocycles. The van der Waals surface area contributed by atoms with E-state index in [0.29, 0.717) is 6.29 Å². The average Bonchev–Trinajstić information content (AvgIpc) is 2.57. The smallest absolute Gasteiger partial charge is 0.407 e. The molecule has 1 rings (SSSR count). The maximum absolute atomic E-state index is 11.3. The second-order valence-corrected chi connectivity index (χ2v) is 4.61. The number of carbonyl (C=O) groups is 2. The van der Waals surface area contributed by atoms with Crippen LogP contribution in [-0.2, 0) is 11.2 Å². The lowest BCUT2D eigenvalue weighted by atomic mass is 10.2. The Morgan fingerprint density at radius 2 is 2.22 bits per heavy atom. The van der Waals surface area contributed by atoms with Crippen molar-refractivity contribution in [2.24, 2.45) is 0 Å². The lowest BCUT2D eigenvalue weighted by molar-refractivity contribution is -0.719. The number of aromatic nitrogens is 2. The Labute approximate surface area is 103 Å². The average molecular weight is 258 g/mol. The minimum Gasteiger partial charge on any atom is -0.444 e. The fraction of sp³-hybridized carbons (Fsp3) is 0.600. The third kappa shape index (κ3) is 4.04. The van der Waals surface area contributed by atoms with Crippen LogP contribution in [0.2, 0.25) is 0 Å². The van der Waals surface area contributed by atoms with Gasteiger partial charge < -0.3 is 10.1 Å². The number of amides is 1. The van der Waals surface area contributed by atoms with E-state index in [9.17, 15) is 14.5 Å². The molecule has 0 atom stereocenters. The molecular weight excluding hydrogens is 242 g/mol. The summed E-state index contributed by atoms with van der Waals surface area (Å²) in [6.07, 6.45) is 0.0462. The lowest BCUT2D eigenvalue weighted by Crippen LogP contribution is -2.34. The first kappa shape index (κ1) is 13.9. The summed E-state index contributed by atoms with van der Waals surface area (Å²) in [6.45, 7) is 5.39. The topological polar surface area (TPSA) is 107 Å². The molecule has 0 aromatic carbocycles. The normalized spacial score (nSPS) is 11.1. The predicted octanol–water partition coefficient (Wildman–Crippen LogP) is 0.402. The van der Waals surface area contributed by atoms with Crippen LogP contribution < -0.4 is 9.92 Å². The van der Waals surface area contributed by atoms with Crippen LogP contribution in [0.1, 0.15) is 37.0 Å². The van der Waals surface area contributed by atoms with Gasteiger partial charge in [0.1, 0.15) is 5.60 Å². The number of nitrogens with zero attached hydrogens (tertiary/aromatic N) is 1. The first-order valence-corrected chi connectivity index (χ1v) is 5.39. The summed E-state index contributed by atoms with van der Waals surface area (Å²) >= 11 is 0. The zero-order valence-electron chi connectivity index (χ0n) is 10.5. The maximum Gasteiger partial charge on any atom is 0.407 e. The Bertz CT molecular complexity index is 482. The van der Waals surface area contributed by atoms with Crippen molar-refractivity contribution in [1.82, 2.24) is 10.5 Å². The van der Waals surface area contributed by atoms with Gasteiger partial charge in [0.25, 0.3) is 11.4 Å². The number of nitrogens with one attached hydrogen (secondary N) is 2. The van der Waals surface area contributed by atoms with E-state index in [-0.39, 0.29) is 29.0 Å². The molecule has 100 valence electrons. The van der Waals surface area contributed by atoms with Crippen LogP contribution >= 0.6 is 0 Å². The Morgan fingerprint density at radius 1 is 1.56 bits per heavy atom. The highest BCUT2D eigenvalue weighted by Crippen LogP contribution is 2.06. The van der Waals surface area contributed by atoms with Gasteiger partial charge in [0, 0.05) is 13.0 Å². The van der Waals surface area contributed by atoms with Gasteiger partial charge in [0.2, 0.25) is 0 Å². The summed E-state index contributed by atoms with van der Waals surface area (Å²) in [5.74, 6) is 0. The molecule has 0 radical (unpaired) electrons. The molecule has 2 N–H and O–H groups in total. The van der Waals surface area contributed by atoms with Crippen LogP contribution in [0.4, 0.5) is 4.79 Å². The lowest BCUT2D eigenvalue weighted by Gasteiger charge is -2.19. The Balaban J connectivity index is 2.47. The molecule has 0 bridgehead atoms. The number of ether oxygens (including phenoxy) is 1. The standard InChI is InChI=1S/C10H15N3O5/c1-10(2,3)17-9(15)11-5-4-8-7(6-14)12-18-13(8)16/h6H,4-5H2,1-3H3,(H-,11,12,15,16)/p+1. The molecule has 0 fully saturated rings. The summed E-state index contributed by atoms with van der Waals surface area (Å²) in [5, 5.41) is 4.63. The van der Waals surface area contributed by atoms with E-state index in [2.05, 4.69) is 15.1 Å². The van der Waals surface area contributed by atoms with E-state index >= 15 is 0 Å². The van der Waals surface area contributed by atoms with Crippen molar-refractivity contribution in [2.45, 2.75) is 32.8 Å². The van der Waals surface area contributed by atoms with Crippen LogP contribution in [0.15, 0.2) is 4.63 Å². The van der Waals surface area contributed by atoms with Crippen molar-refractivity contribution in [3.05, 3.63) is 16.3 Å². The van der Waals surface area contributed by atoms with Gasteiger partial charge in [0.05, 0.1) is 0 Å². The molecule has 0 saturated heterocycles. The Morgan fingerprint density at radius 3 is 2.78 bits per heavy atom. The fourth-order valence-electron chi connectivity index (χ4n) is 1.22. The third-order valence-corrected chi connectivity index (χ3v) is 1.92. The molecule has 0 aliphatic rings. The summed E-state index contributed by atoms with van der Waals surface area (Å²) in [7, 11) is 0. The molecule has 0 aliphatic carbocycles. The third-order valence-electron chi connectivity index (χ3n) is 1.92. The number of H-pyrrole nitrogens is 1. The minimum atomic E-state index is -0.583. The van der Waals surface area contributed by atoms with Gasteiger partial charge in [-0.15, -0.1) is 0 Å². The van der Waals surface area contributed by atoms with Crippen LogP contribution in [0.25, 0.3) is 0 Å². The molecule has 1 amide bonds. The molecule has 18 heavy (non-hydrogen) atoms. The molecule has 1 aromatic rings. The molecule has 0 saturated carbocycles. The summed E-state index contributed by atoms with van der Waals surface area (Å²) in [4.78, 5) is 33.0. The number of aldehydes is 1. The second-order valence-electron chi connectivity index (χ2n) is 4.61. The van der Waals surface area contributed by atoms with Crippen molar-refractivity contribution in [3.63, 3.8) is 0 Å². The van der Waals surface area contributed by atoms with Gasteiger partial charge >= 0.3 is 6.09 Å². The van der Waals surface area contributed by atoms with E-state index in [1.54, 1.807) is 20.8 Å². The number of rotatable bonds is 4. The van der Waals surface area contributed by atoms with E-state index in [1.807, 2.05) is 0 Å². The highest BCUT2D eigenvalue weighted by Gasteiger charge is 2.20. The molecule has 8 heteroatoms. The van der Waals surface area contributed by atoms with Gasteiger partial charge in [0.15, 0.2) is 10.9 Å². The fourth-order valence-corrected chi connectivity index (χ4v) is 1.22. The second kappa shape index (κ2) is 5.48. The quantitative estimate of drug-likeness (QED) is 0.760. The minimum absolute atomic E-state index is 0.0518. The van der Waals surface area contributed by atoms with Crippen LogP contribution in [0.5, 0.6) is 0 Å². The molecule has 1 heterocycles. The number of hydrogen-bond acceptors (Lipinski definition) is 5. The SMILES string of the molecule is CC(C)(C)OC(=O)NCCc1c(C=O)[nH]o[n+]1=O. The van der Waals surface area contributed by atoms with Gasteiger partial charge in [-0.2, -0.15) is 0 Å². The molecule has 0 aliphatic heterocycles. The van der Waals surface area contributed by atoms with Crippen LogP contribution in [0, 0.1) is 4.91 Å². The van der Waals surface area contributed by atoms with Gasteiger partial charge in [-0.25, -0.2) is 4.79 Å². The van der Waals surface area contributed by atoms with E-state index in [4.69, 9.17) is 4.74 Å². The number of carbonyl (C=O) groups excluding carboxylic acids is 2. The highest BCUT2D eigenvalue weighted by atomic mass is 16.7. The van der Waals surface area contributed by atoms with E-state index < -0.39 is 11.7 Å². The van der Waals surface area contributed by atoms with Crippen molar-refractivity contribution in [3.8, 4) is 0 Å². The molecule has 0 spiro atoms. The summed E-state index contributed by atoms with van der Waals surface area (Å²) in [5.41, 5.74) is -0.406. The van der Waals surface area contributed by atoms with Crippen LogP contribution in [-0.4, -0.2) is 29.7 Å². The zero-order chi connectivity index (χ0) is 13.8. The number of alkyl carbamates (subject to hydrolysis) is 1. The van der Waals surface area contributed by atoms with Crippen molar-refractivity contribution < 1.29 is 23.6 Å². The summed E-state index contributed by atoms with van der Waals surface area (Å²) < 4.78 is 9.59.